The number of nitrogens with one attached hydrogen (secondary N) is 2. The standard InChI is InChI=1S/C14H19N5O2S/c1-2-19-4-5-21-9-10(19)7-12(20)17-11-8-16-18-13(11)14-15-3-6-22-14/h3,6,8,10H,2,4-5,7,9H2,1H3,(H,16,18)(H,17,20). The molecule has 2 aromatic rings. The van der Waals surface area contributed by atoms with Crippen LogP contribution in [0.3, 0.4) is 0 Å². The van der Waals surface area contributed by atoms with E-state index in [2.05, 4.69) is 32.3 Å². The van der Waals surface area contributed by atoms with Gasteiger partial charge in [0.25, 0.3) is 0 Å². The Morgan fingerprint density at radius 3 is 3.32 bits per heavy atom. The maximum Gasteiger partial charge on any atom is 0.226 e. The van der Waals surface area contributed by atoms with Crippen molar-refractivity contribution in [1.29, 1.82) is 0 Å². The van der Waals surface area contributed by atoms with E-state index >= 15 is 0 Å². The van der Waals surface area contributed by atoms with Crippen molar-refractivity contribution < 1.29 is 9.53 Å². The highest BCUT2D eigenvalue weighted by Gasteiger charge is 2.24. The molecule has 0 saturated carbocycles. The van der Waals surface area contributed by atoms with Gasteiger partial charge in [-0.25, -0.2) is 4.98 Å². The minimum atomic E-state index is -0.0341. The van der Waals surface area contributed by atoms with Gasteiger partial charge in [0.15, 0.2) is 0 Å². The van der Waals surface area contributed by atoms with Crippen molar-refractivity contribution in [1.82, 2.24) is 20.1 Å². The summed E-state index contributed by atoms with van der Waals surface area (Å²) in [5.41, 5.74) is 1.41. The van der Waals surface area contributed by atoms with Crippen LogP contribution in [0.15, 0.2) is 17.8 Å². The van der Waals surface area contributed by atoms with Crippen LogP contribution in [0.25, 0.3) is 10.7 Å². The Morgan fingerprint density at radius 1 is 1.64 bits per heavy atom. The second-order valence-corrected chi connectivity index (χ2v) is 6.00. The average molecular weight is 321 g/mol. The van der Waals surface area contributed by atoms with E-state index in [-0.39, 0.29) is 11.9 Å². The molecule has 8 heteroatoms. The number of carbonyl (C=O) groups excluding carboxylic acids is 1. The third kappa shape index (κ3) is 3.34. The number of ether oxygens (including phenoxy) is 1. The first-order valence-electron chi connectivity index (χ1n) is 7.32. The van der Waals surface area contributed by atoms with E-state index in [1.807, 2.05) is 5.38 Å². The van der Waals surface area contributed by atoms with Gasteiger partial charge in [-0.2, -0.15) is 5.10 Å². The van der Waals surface area contributed by atoms with Crippen LogP contribution in [0.5, 0.6) is 0 Å². The number of thiazole rings is 1. The molecule has 1 atom stereocenters. The van der Waals surface area contributed by atoms with Crippen LogP contribution in [0.4, 0.5) is 5.69 Å². The Kier molecular flexibility index (Phi) is 4.81. The first kappa shape index (κ1) is 15.1. The number of amides is 1. The molecule has 2 N–H and O–H groups in total. The van der Waals surface area contributed by atoms with Gasteiger partial charge in [0, 0.05) is 30.6 Å². The van der Waals surface area contributed by atoms with Gasteiger partial charge < -0.3 is 10.1 Å². The van der Waals surface area contributed by atoms with Gasteiger partial charge in [0.1, 0.15) is 10.7 Å². The number of nitrogens with zero attached hydrogens (tertiary/aromatic N) is 3. The lowest BCUT2D eigenvalue weighted by Gasteiger charge is -2.34. The van der Waals surface area contributed by atoms with Crippen LogP contribution >= 0.6 is 11.3 Å². The third-order valence-electron chi connectivity index (χ3n) is 3.74. The molecular weight excluding hydrogens is 302 g/mol. The zero-order chi connectivity index (χ0) is 15.4. The van der Waals surface area contributed by atoms with E-state index in [1.54, 1.807) is 12.4 Å². The van der Waals surface area contributed by atoms with Crippen LogP contribution in [-0.4, -0.2) is 58.3 Å². The zero-order valence-electron chi connectivity index (χ0n) is 12.4. The van der Waals surface area contributed by atoms with E-state index in [0.29, 0.717) is 18.7 Å². The fourth-order valence-electron chi connectivity index (χ4n) is 2.60. The molecule has 1 fully saturated rings. The van der Waals surface area contributed by atoms with Crippen molar-refractivity contribution in [2.75, 3.05) is 31.6 Å². The smallest absolute Gasteiger partial charge is 0.226 e. The number of hydrogen-bond acceptors (Lipinski definition) is 6. The van der Waals surface area contributed by atoms with Gasteiger partial charge in [0.05, 0.1) is 25.1 Å². The molecule has 1 amide bonds. The van der Waals surface area contributed by atoms with Crippen molar-refractivity contribution in [3.05, 3.63) is 17.8 Å². The number of H-pyrrole nitrogens is 1. The highest BCUT2D eigenvalue weighted by molar-refractivity contribution is 7.13. The maximum atomic E-state index is 12.3. The molecule has 0 aliphatic carbocycles. The molecule has 0 bridgehead atoms. The van der Waals surface area contributed by atoms with Crippen molar-refractivity contribution in [2.24, 2.45) is 0 Å². The van der Waals surface area contributed by atoms with E-state index in [4.69, 9.17) is 4.74 Å². The van der Waals surface area contributed by atoms with Crippen LogP contribution in [0, 0.1) is 0 Å². The Balaban J connectivity index is 1.64. The second kappa shape index (κ2) is 6.99. The maximum absolute atomic E-state index is 12.3. The molecule has 22 heavy (non-hydrogen) atoms. The Hall–Kier alpha value is -1.77. The SMILES string of the molecule is CCN1CCOCC1CC(=O)Nc1cn[nH]c1-c1nccs1. The molecule has 1 unspecified atom stereocenters. The fourth-order valence-corrected chi connectivity index (χ4v) is 3.25. The number of morpholine rings is 1. The molecular formula is C14H19N5O2S. The van der Waals surface area contributed by atoms with Crippen molar-refractivity contribution in [3.63, 3.8) is 0 Å². The van der Waals surface area contributed by atoms with Gasteiger partial charge in [-0.3, -0.25) is 14.8 Å². The summed E-state index contributed by atoms with van der Waals surface area (Å²) in [5, 5.41) is 12.5. The molecule has 7 nitrogen and oxygen atoms in total. The minimum Gasteiger partial charge on any atom is -0.378 e. The van der Waals surface area contributed by atoms with Crippen LogP contribution in [0.2, 0.25) is 0 Å². The number of likely N-dealkylation sites (N-methyl/N-ethyl adjacent to an activating group) is 1. The van der Waals surface area contributed by atoms with Crippen LogP contribution in [0.1, 0.15) is 13.3 Å². The highest BCUT2D eigenvalue weighted by Crippen LogP contribution is 2.27. The third-order valence-corrected chi connectivity index (χ3v) is 4.53. The van der Waals surface area contributed by atoms with Gasteiger partial charge in [-0.1, -0.05) is 6.92 Å². The lowest BCUT2D eigenvalue weighted by molar-refractivity contribution is -0.119. The van der Waals surface area contributed by atoms with Gasteiger partial charge in [-0.05, 0) is 6.54 Å². The molecule has 0 spiro atoms. The zero-order valence-corrected chi connectivity index (χ0v) is 13.2. The monoisotopic (exact) mass is 321 g/mol. The summed E-state index contributed by atoms with van der Waals surface area (Å²) in [6, 6.07) is 0.133. The summed E-state index contributed by atoms with van der Waals surface area (Å²) < 4.78 is 5.48. The van der Waals surface area contributed by atoms with Gasteiger partial charge in [-0.15, -0.1) is 11.3 Å². The normalized spacial score (nSPS) is 19.2. The summed E-state index contributed by atoms with van der Waals surface area (Å²) >= 11 is 1.50. The van der Waals surface area contributed by atoms with E-state index in [0.717, 1.165) is 30.4 Å². The fraction of sp³-hybridized carbons (Fsp3) is 0.500. The number of aromatic nitrogens is 3. The van der Waals surface area contributed by atoms with Crippen molar-refractivity contribution in [2.45, 2.75) is 19.4 Å². The summed E-state index contributed by atoms with van der Waals surface area (Å²) in [4.78, 5) is 18.8. The Labute approximate surface area is 132 Å². The van der Waals surface area contributed by atoms with Crippen LogP contribution < -0.4 is 5.32 Å². The first-order valence-corrected chi connectivity index (χ1v) is 8.20. The molecule has 1 aliphatic heterocycles. The molecule has 3 heterocycles. The highest BCUT2D eigenvalue weighted by atomic mass is 32.1. The summed E-state index contributed by atoms with van der Waals surface area (Å²) in [6.07, 6.45) is 3.75. The summed E-state index contributed by atoms with van der Waals surface area (Å²) in [5.74, 6) is -0.0341. The first-order chi connectivity index (χ1) is 10.8. The lowest BCUT2D eigenvalue weighted by Crippen LogP contribution is -2.46. The number of carbonyl (C=O) groups is 1. The van der Waals surface area contributed by atoms with Gasteiger partial charge >= 0.3 is 0 Å². The minimum absolute atomic E-state index is 0.0341. The molecule has 118 valence electrons. The number of aromatic amines is 1. The molecule has 2 aromatic heterocycles. The number of hydrogen-bond donors (Lipinski definition) is 2. The average Bonchev–Trinajstić information content (AvgIpc) is 3.18. The number of anilines is 1. The van der Waals surface area contributed by atoms with E-state index in [1.165, 1.54) is 11.3 Å². The predicted octanol–water partition coefficient (Wildman–Crippen LogP) is 1.58. The lowest BCUT2D eigenvalue weighted by atomic mass is 10.1. The quantitative estimate of drug-likeness (QED) is 0.873. The topological polar surface area (TPSA) is 83.1 Å². The summed E-state index contributed by atoms with van der Waals surface area (Å²) in [7, 11) is 0. The summed E-state index contributed by atoms with van der Waals surface area (Å²) in [6.45, 7) is 5.25. The van der Waals surface area contributed by atoms with Crippen LogP contribution in [-0.2, 0) is 9.53 Å². The largest absolute Gasteiger partial charge is 0.378 e. The predicted molar refractivity (Wildman–Crippen MR) is 84.8 cm³/mol. The van der Waals surface area contributed by atoms with Crippen molar-refractivity contribution >= 4 is 22.9 Å². The number of rotatable bonds is 5. The molecule has 1 aliphatic rings. The van der Waals surface area contributed by atoms with E-state index in [9.17, 15) is 4.79 Å². The molecule has 3 rings (SSSR count). The Bertz CT molecular complexity index is 613. The van der Waals surface area contributed by atoms with Crippen molar-refractivity contribution in [3.8, 4) is 10.7 Å². The van der Waals surface area contributed by atoms with E-state index < -0.39 is 0 Å². The second-order valence-electron chi connectivity index (χ2n) is 5.11. The molecule has 0 radical (unpaired) electrons. The Morgan fingerprint density at radius 2 is 2.55 bits per heavy atom. The molecule has 0 aromatic carbocycles. The van der Waals surface area contributed by atoms with Gasteiger partial charge in [0.2, 0.25) is 5.91 Å². The molecule has 1 saturated heterocycles.